The molecule has 170 valence electrons. The Morgan fingerprint density at radius 2 is 1.73 bits per heavy atom. The SMILES string of the molecule is COc1ccc(Cc2n[nH]c(=O)c3ccccc23)cc1C(=O)N1CCN(C(=O)C2CC2)CC1. The molecule has 8 nitrogen and oxygen atoms in total. The highest BCUT2D eigenvalue weighted by atomic mass is 16.5. The maximum atomic E-state index is 13.3. The Hall–Kier alpha value is -3.68. The van der Waals surface area contributed by atoms with Gasteiger partial charge in [0, 0.05) is 43.9 Å². The summed E-state index contributed by atoms with van der Waals surface area (Å²) < 4.78 is 5.47. The van der Waals surface area contributed by atoms with Crippen LogP contribution in [-0.4, -0.2) is 65.1 Å². The van der Waals surface area contributed by atoms with Crippen molar-refractivity contribution in [3.8, 4) is 5.75 Å². The molecule has 33 heavy (non-hydrogen) atoms. The smallest absolute Gasteiger partial charge is 0.272 e. The second kappa shape index (κ2) is 8.69. The van der Waals surface area contributed by atoms with Gasteiger partial charge < -0.3 is 14.5 Å². The van der Waals surface area contributed by atoms with Gasteiger partial charge >= 0.3 is 0 Å². The number of benzene rings is 2. The van der Waals surface area contributed by atoms with Crippen LogP contribution in [0.5, 0.6) is 5.75 Å². The van der Waals surface area contributed by atoms with Crippen LogP contribution in [0.25, 0.3) is 10.8 Å². The third kappa shape index (κ3) is 4.20. The first kappa shape index (κ1) is 21.2. The average Bonchev–Trinajstić information content (AvgIpc) is 3.71. The Bertz CT molecular complexity index is 1270. The van der Waals surface area contributed by atoms with Gasteiger partial charge in [-0.15, -0.1) is 0 Å². The van der Waals surface area contributed by atoms with Crippen LogP contribution in [-0.2, 0) is 11.2 Å². The zero-order valence-electron chi connectivity index (χ0n) is 18.5. The number of methoxy groups -OCH3 is 1. The van der Waals surface area contributed by atoms with Crippen LogP contribution in [0.4, 0.5) is 0 Å². The molecule has 2 aromatic carbocycles. The molecular formula is C25H26N4O4. The summed E-state index contributed by atoms with van der Waals surface area (Å²) in [7, 11) is 1.55. The fraction of sp³-hybridized carbons (Fsp3) is 0.360. The van der Waals surface area contributed by atoms with Gasteiger partial charge in [-0.05, 0) is 36.6 Å². The number of ether oxygens (including phenoxy) is 1. The van der Waals surface area contributed by atoms with Crippen molar-refractivity contribution in [1.82, 2.24) is 20.0 Å². The third-order valence-corrected chi connectivity index (χ3v) is 6.45. The summed E-state index contributed by atoms with van der Waals surface area (Å²) in [6.07, 6.45) is 2.44. The van der Waals surface area contributed by atoms with E-state index in [0.29, 0.717) is 49.3 Å². The summed E-state index contributed by atoms with van der Waals surface area (Å²) in [5, 5.41) is 8.20. The summed E-state index contributed by atoms with van der Waals surface area (Å²) in [5.74, 6) is 0.829. The van der Waals surface area contributed by atoms with Crippen molar-refractivity contribution in [2.24, 2.45) is 5.92 Å². The number of rotatable bonds is 5. The van der Waals surface area contributed by atoms with Crippen LogP contribution in [0, 0.1) is 5.92 Å². The minimum absolute atomic E-state index is 0.105. The van der Waals surface area contributed by atoms with Crippen molar-refractivity contribution in [3.05, 3.63) is 69.6 Å². The van der Waals surface area contributed by atoms with Gasteiger partial charge in [0.1, 0.15) is 5.75 Å². The molecule has 1 aromatic heterocycles. The van der Waals surface area contributed by atoms with Crippen molar-refractivity contribution in [2.75, 3.05) is 33.3 Å². The molecule has 2 amide bonds. The van der Waals surface area contributed by atoms with E-state index in [1.54, 1.807) is 24.1 Å². The molecule has 1 N–H and O–H groups in total. The van der Waals surface area contributed by atoms with Gasteiger partial charge in [0.05, 0.1) is 23.8 Å². The quantitative estimate of drug-likeness (QED) is 0.648. The predicted molar refractivity (Wildman–Crippen MR) is 123 cm³/mol. The number of H-pyrrole nitrogens is 1. The normalized spacial score (nSPS) is 16.2. The minimum Gasteiger partial charge on any atom is -0.496 e. The van der Waals surface area contributed by atoms with E-state index in [9.17, 15) is 14.4 Å². The zero-order chi connectivity index (χ0) is 22.9. The lowest BCUT2D eigenvalue weighted by Gasteiger charge is -2.35. The fourth-order valence-electron chi connectivity index (χ4n) is 4.42. The molecule has 8 heteroatoms. The largest absolute Gasteiger partial charge is 0.496 e. The molecule has 2 heterocycles. The summed E-state index contributed by atoms with van der Waals surface area (Å²) in [4.78, 5) is 41.4. The summed E-state index contributed by atoms with van der Waals surface area (Å²) in [5.41, 5.74) is 1.90. The first-order valence-corrected chi connectivity index (χ1v) is 11.3. The van der Waals surface area contributed by atoms with Gasteiger partial charge in [-0.3, -0.25) is 14.4 Å². The second-order valence-electron chi connectivity index (χ2n) is 8.65. The lowest BCUT2D eigenvalue weighted by Crippen LogP contribution is -2.51. The number of nitrogens with zero attached hydrogens (tertiary/aromatic N) is 3. The predicted octanol–water partition coefficient (Wildman–Crippen LogP) is 2.22. The molecule has 0 unspecified atom stereocenters. The Kier molecular flexibility index (Phi) is 5.58. The lowest BCUT2D eigenvalue weighted by molar-refractivity contribution is -0.134. The summed E-state index contributed by atoms with van der Waals surface area (Å²) in [6.45, 7) is 2.15. The van der Waals surface area contributed by atoms with Gasteiger partial charge in [0.25, 0.3) is 11.5 Å². The van der Waals surface area contributed by atoms with Crippen LogP contribution < -0.4 is 10.3 Å². The number of piperazine rings is 1. The summed E-state index contributed by atoms with van der Waals surface area (Å²) >= 11 is 0. The number of hydrogen-bond donors (Lipinski definition) is 1. The van der Waals surface area contributed by atoms with Gasteiger partial charge in [-0.1, -0.05) is 24.3 Å². The van der Waals surface area contributed by atoms with E-state index in [2.05, 4.69) is 10.2 Å². The van der Waals surface area contributed by atoms with Gasteiger partial charge in [0.15, 0.2) is 0 Å². The Morgan fingerprint density at radius 3 is 2.42 bits per heavy atom. The molecule has 5 rings (SSSR count). The van der Waals surface area contributed by atoms with Crippen molar-refractivity contribution in [1.29, 1.82) is 0 Å². The number of carbonyl (C=O) groups excluding carboxylic acids is 2. The average molecular weight is 447 g/mol. The number of hydrogen-bond acceptors (Lipinski definition) is 5. The number of aromatic amines is 1. The van der Waals surface area contributed by atoms with E-state index in [1.807, 2.05) is 35.2 Å². The highest BCUT2D eigenvalue weighted by Gasteiger charge is 2.35. The zero-order valence-corrected chi connectivity index (χ0v) is 18.5. The molecular weight excluding hydrogens is 420 g/mol. The molecule has 1 saturated heterocycles. The maximum absolute atomic E-state index is 13.3. The Balaban J connectivity index is 1.37. The number of carbonyl (C=O) groups is 2. The molecule has 1 saturated carbocycles. The number of nitrogens with one attached hydrogen (secondary N) is 1. The molecule has 1 aliphatic heterocycles. The molecule has 2 aliphatic rings. The maximum Gasteiger partial charge on any atom is 0.272 e. The molecule has 0 spiro atoms. The van der Waals surface area contributed by atoms with Crippen LogP contribution in [0.2, 0.25) is 0 Å². The van der Waals surface area contributed by atoms with Gasteiger partial charge in [-0.25, -0.2) is 5.10 Å². The third-order valence-electron chi connectivity index (χ3n) is 6.45. The van der Waals surface area contributed by atoms with Crippen LogP contribution >= 0.6 is 0 Å². The molecule has 3 aromatic rings. The van der Waals surface area contributed by atoms with E-state index in [1.165, 1.54) is 0 Å². The number of amides is 2. The molecule has 1 aliphatic carbocycles. The van der Waals surface area contributed by atoms with E-state index >= 15 is 0 Å². The van der Waals surface area contributed by atoms with Gasteiger partial charge in [-0.2, -0.15) is 5.10 Å². The van der Waals surface area contributed by atoms with Gasteiger partial charge in [0.2, 0.25) is 5.91 Å². The van der Waals surface area contributed by atoms with E-state index in [0.717, 1.165) is 29.5 Å². The first-order chi connectivity index (χ1) is 16.0. The molecule has 0 bridgehead atoms. The molecule has 0 atom stereocenters. The van der Waals surface area contributed by atoms with Crippen molar-refractivity contribution in [2.45, 2.75) is 19.3 Å². The monoisotopic (exact) mass is 446 g/mol. The first-order valence-electron chi connectivity index (χ1n) is 11.3. The lowest BCUT2D eigenvalue weighted by atomic mass is 10.0. The number of aromatic nitrogens is 2. The van der Waals surface area contributed by atoms with Crippen molar-refractivity contribution < 1.29 is 14.3 Å². The van der Waals surface area contributed by atoms with E-state index in [-0.39, 0.29) is 23.3 Å². The Morgan fingerprint density at radius 1 is 1.03 bits per heavy atom. The molecule has 0 radical (unpaired) electrons. The highest BCUT2D eigenvalue weighted by Crippen LogP contribution is 2.31. The van der Waals surface area contributed by atoms with Crippen LogP contribution in [0.3, 0.4) is 0 Å². The van der Waals surface area contributed by atoms with Crippen LogP contribution in [0.1, 0.15) is 34.5 Å². The second-order valence-corrected chi connectivity index (χ2v) is 8.65. The van der Waals surface area contributed by atoms with E-state index in [4.69, 9.17) is 4.74 Å². The topological polar surface area (TPSA) is 95.6 Å². The standard InChI is InChI=1S/C25H26N4O4/c1-33-22-9-6-16(15-21-18-4-2-3-5-19(18)23(30)27-26-21)14-20(22)25(32)29-12-10-28(11-13-29)24(31)17-7-8-17/h2-6,9,14,17H,7-8,10-13,15H2,1H3,(H,27,30). The van der Waals surface area contributed by atoms with Crippen molar-refractivity contribution >= 4 is 22.6 Å². The minimum atomic E-state index is -0.223. The summed E-state index contributed by atoms with van der Waals surface area (Å²) in [6, 6.07) is 12.9. The number of fused-ring (bicyclic) bond motifs is 1. The Labute approximate surface area is 191 Å². The molecule has 2 fully saturated rings. The van der Waals surface area contributed by atoms with Crippen LogP contribution in [0.15, 0.2) is 47.3 Å². The van der Waals surface area contributed by atoms with E-state index < -0.39 is 0 Å². The fourth-order valence-corrected chi connectivity index (χ4v) is 4.42. The van der Waals surface area contributed by atoms with Crippen molar-refractivity contribution in [3.63, 3.8) is 0 Å². The highest BCUT2D eigenvalue weighted by molar-refractivity contribution is 5.97.